The van der Waals surface area contributed by atoms with Crippen molar-refractivity contribution in [3.05, 3.63) is 76.0 Å². The van der Waals surface area contributed by atoms with E-state index in [0.29, 0.717) is 24.3 Å². The van der Waals surface area contributed by atoms with Gasteiger partial charge in [0.25, 0.3) is 0 Å². The van der Waals surface area contributed by atoms with Crippen LogP contribution in [0.5, 0.6) is 23.0 Å². The average Bonchev–Trinajstić information content (AvgIpc) is 3.34. The van der Waals surface area contributed by atoms with E-state index in [0.717, 1.165) is 16.7 Å². The van der Waals surface area contributed by atoms with Gasteiger partial charge in [0, 0.05) is 19.1 Å². The van der Waals surface area contributed by atoms with Crippen molar-refractivity contribution in [2.45, 2.75) is 12.8 Å². The largest absolute Gasteiger partial charge is 0.504 e. The second kappa shape index (κ2) is 13.8. The van der Waals surface area contributed by atoms with Crippen LogP contribution in [0.3, 0.4) is 0 Å². The van der Waals surface area contributed by atoms with Crippen LogP contribution in [-0.2, 0) is 22.4 Å². The minimum Gasteiger partial charge on any atom is -0.504 e. The van der Waals surface area contributed by atoms with Crippen molar-refractivity contribution < 1.29 is 34.3 Å². The molecule has 33 heavy (non-hydrogen) atoms. The molecule has 0 amide bonds. The minimum absolute atomic E-state index is 0.0944. The van der Waals surface area contributed by atoms with E-state index in [1.165, 1.54) is 20.3 Å². The molecule has 7 nitrogen and oxygen atoms in total. The fourth-order valence-electron chi connectivity index (χ4n) is 2.74. The number of carbonyl (C=O) groups excluding carboxylic acids is 1. The molecule has 0 radical (unpaired) electrons. The molecular formula is C25H28O7S. The summed E-state index contributed by atoms with van der Waals surface area (Å²) in [5.41, 5.74) is 2.87. The Morgan fingerprint density at radius 1 is 0.939 bits per heavy atom. The molecule has 8 heteroatoms. The number of hydrogen-bond donors (Lipinski definition) is 3. The predicted molar refractivity (Wildman–Crippen MR) is 128 cm³/mol. The highest BCUT2D eigenvalue weighted by Gasteiger charge is 2.04. The van der Waals surface area contributed by atoms with Gasteiger partial charge in [-0.1, -0.05) is 12.1 Å². The second-order valence-corrected chi connectivity index (χ2v) is 7.57. The maximum Gasteiger partial charge on any atom is 0.330 e. The molecule has 0 atom stereocenters. The third-order valence-corrected chi connectivity index (χ3v) is 5.18. The van der Waals surface area contributed by atoms with Crippen LogP contribution in [0.2, 0.25) is 0 Å². The number of phenols is 2. The van der Waals surface area contributed by atoms with Gasteiger partial charge in [0.2, 0.25) is 0 Å². The van der Waals surface area contributed by atoms with E-state index in [1.54, 1.807) is 53.8 Å². The van der Waals surface area contributed by atoms with Crippen molar-refractivity contribution >= 4 is 23.4 Å². The molecule has 0 aliphatic carbocycles. The highest BCUT2D eigenvalue weighted by atomic mass is 32.1. The smallest absolute Gasteiger partial charge is 0.330 e. The topological polar surface area (TPSA) is 105 Å². The lowest BCUT2D eigenvalue weighted by atomic mass is 10.1. The first-order valence-electron chi connectivity index (χ1n) is 10.2. The van der Waals surface area contributed by atoms with Gasteiger partial charge in [0.05, 0.1) is 20.8 Å². The molecule has 0 aliphatic rings. The molecule has 1 heterocycles. The summed E-state index contributed by atoms with van der Waals surface area (Å²) in [6.45, 7) is 0.384. The Morgan fingerprint density at radius 2 is 1.55 bits per heavy atom. The van der Waals surface area contributed by atoms with Crippen LogP contribution in [-0.4, -0.2) is 48.7 Å². The Labute approximate surface area is 197 Å². The Kier molecular flexibility index (Phi) is 10.8. The van der Waals surface area contributed by atoms with Crippen LogP contribution >= 0.6 is 11.3 Å². The molecule has 0 saturated heterocycles. The number of aromatic hydroxyl groups is 2. The number of ether oxygens (including phenoxy) is 3. The summed E-state index contributed by atoms with van der Waals surface area (Å²) >= 11 is 1.58. The molecule has 3 N–H and O–H groups in total. The zero-order valence-corrected chi connectivity index (χ0v) is 19.4. The molecule has 0 aliphatic heterocycles. The maximum atomic E-state index is 11.5. The number of aliphatic hydroxyl groups is 1. The standard InChI is InChI=1S/C16H16O4S.C9H12O3/c1-19-15-10-12(2-4-14(15)17)6-8-20-16(18)5-3-13-7-9-21-11-13;1-12-9-6-7(4-5-10)2-3-8(9)11/h2-5,7,9-11,17H,6,8H2,1H3;2-3,6,10-11H,4-5H2,1H3. The van der Waals surface area contributed by atoms with E-state index >= 15 is 0 Å². The van der Waals surface area contributed by atoms with E-state index < -0.39 is 0 Å². The SMILES string of the molecule is COc1cc(CCO)ccc1O.COc1cc(CCOC(=O)C=Cc2ccsc2)ccc1O. The van der Waals surface area contributed by atoms with Gasteiger partial charge in [-0.2, -0.15) is 11.3 Å². The Balaban J connectivity index is 0.000000273. The van der Waals surface area contributed by atoms with Crippen LogP contribution < -0.4 is 9.47 Å². The zero-order valence-electron chi connectivity index (χ0n) is 18.6. The summed E-state index contributed by atoms with van der Waals surface area (Å²) in [7, 11) is 2.99. The normalized spacial score (nSPS) is 10.4. The summed E-state index contributed by atoms with van der Waals surface area (Å²) in [5.74, 6) is 0.709. The van der Waals surface area contributed by atoms with Crippen LogP contribution in [0.15, 0.2) is 59.3 Å². The van der Waals surface area contributed by atoms with E-state index in [-0.39, 0.29) is 30.7 Å². The third kappa shape index (κ3) is 8.88. The molecule has 2 aromatic carbocycles. The monoisotopic (exact) mass is 472 g/mol. The number of aliphatic hydroxyl groups excluding tert-OH is 1. The molecule has 0 fully saturated rings. The second-order valence-electron chi connectivity index (χ2n) is 6.79. The molecule has 3 aromatic rings. The van der Waals surface area contributed by atoms with Crippen LogP contribution in [0.4, 0.5) is 0 Å². The van der Waals surface area contributed by atoms with Gasteiger partial charge in [-0.25, -0.2) is 4.79 Å². The van der Waals surface area contributed by atoms with E-state index in [9.17, 15) is 15.0 Å². The molecule has 0 spiro atoms. The number of rotatable bonds is 9. The van der Waals surface area contributed by atoms with Crippen molar-refractivity contribution in [2.24, 2.45) is 0 Å². The first-order chi connectivity index (χ1) is 16.0. The summed E-state index contributed by atoms with van der Waals surface area (Å²) in [6, 6.07) is 12.0. The highest BCUT2D eigenvalue weighted by molar-refractivity contribution is 7.08. The minimum atomic E-state index is -0.369. The van der Waals surface area contributed by atoms with Gasteiger partial charge >= 0.3 is 5.97 Å². The van der Waals surface area contributed by atoms with E-state index in [1.807, 2.05) is 16.8 Å². The molecule has 0 saturated carbocycles. The number of methoxy groups -OCH3 is 2. The number of hydrogen-bond acceptors (Lipinski definition) is 8. The fraction of sp³-hybridized carbons (Fsp3) is 0.240. The van der Waals surface area contributed by atoms with Crippen molar-refractivity contribution in [3.63, 3.8) is 0 Å². The first-order valence-corrected chi connectivity index (χ1v) is 11.1. The van der Waals surface area contributed by atoms with Crippen molar-refractivity contribution in [1.82, 2.24) is 0 Å². The Bertz CT molecular complexity index is 1030. The molecule has 1 aromatic heterocycles. The quantitative estimate of drug-likeness (QED) is 0.317. The van der Waals surface area contributed by atoms with Crippen LogP contribution in [0, 0.1) is 0 Å². The lowest BCUT2D eigenvalue weighted by Gasteiger charge is -2.06. The molecular weight excluding hydrogens is 444 g/mol. The Morgan fingerprint density at radius 3 is 2.06 bits per heavy atom. The van der Waals surface area contributed by atoms with E-state index in [2.05, 4.69) is 0 Å². The number of esters is 1. The molecule has 176 valence electrons. The lowest BCUT2D eigenvalue weighted by Crippen LogP contribution is -2.04. The zero-order chi connectivity index (χ0) is 24.1. The number of thiophene rings is 1. The summed E-state index contributed by atoms with van der Waals surface area (Å²) < 4.78 is 15.0. The summed E-state index contributed by atoms with van der Waals surface area (Å²) in [5, 5.41) is 31.3. The average molecular weight is 473 g/mol. The molecule has 0 bridgehead atoms. The predicted octanol–water partition coefficient (Wildman–Crippen LogP) is 4.20. The van der Waals surface area contributed by atoms with Gasteiger partial charge < -0.3 is 29.5 Å². The van der Waals surface area contributed by atoms with Crippen LogP contribution in [0.1, 0.15) is 16.7 Å². The van der Waals surface area contributed by atoms with Crippen molar-refractivity contribution in [3.8, 4) is 23.0 Å². The van der Waals surface area contributed by atoms with Gasteiger partial charge in [-0.3, -0.25) is 0 Å². The van der Waals surface area contributed by atoms with Crippen molar-refractivity contribution in [2.75, 3.05) is 27.4 Å². The number of phenolic OH excluding ortho intramolecular Hbond substituents is 2. The van der Waals surface area contributed by atoms with Gasteiger partial charge in [0.1, 0.15) is 0 Å². The lowest BCUT2D eigenvalue weighted by molar-refractivity contribution is -0.137. The third-order valence-electron chi connectivity index (χ3n) is 4.48. The first kappa shape index (κ1) is 25.8. The van der Waals surface area contributed by atoms with Gasteiger partial charge in [-0.15, -0.1) is 0 Å². The summed E-state index contributed by atoms with van der Waals surface area (Å²) in [6.07, 6.45) is 4.28. The number of benzene rings is 2. The van der Waals surface area contributed by atoms with Gasteiger partial charge in [-0.05, 0) is 70.3 Å². The van der Waals surface area contributed by atoms with Crippen LogP contribution in [0.25, 0.3) is 6.08 Å². The molecule has 3 rings (SSSR count). The molecule has 0 unspecified atom stereocenters. The summed E-state index contributed by atoms with van der Waals surface area (Å²) in [4.78, 5) is 11.5. The van der Waals surface area contributed by atoms with Crippen molar-refractivity contribution in [1.29, 1.82) is 0 Å². The van der Waals surface area contributed by atoms with E-state index in [4.69, 9.17) is 19.3 Å². The highest BCUT2D eigenvalue weighted by Crippen LogP contribution is 2.27. The fourth-order valence-corrected chi connectivity index (χ4v) is 3.36. The number of carbonyl (C=O) groups is 1. The van der Waals surface area contributed by atoms with Gasteiger partial charge in [0.15, 0.2) is 23.0 Å². The Hall–Kier alpha value is -3.49. The maximum absolute atomic E-state index is 11.5.